The molecule has 3 aromatic heterocycles. The van der Waals surface area contributed by atoms with Gasteiger partial charge in [-0.3, -0.25) is 0 Å². The molecule has 0 spiro atoms. The number of nitrogens with zero attached hydrogens (tertiary/aromatic N) is 2. The lowest BCUT2D eigenvalue weighted by Crippen LogP contribution is -2.22. The molecule has 53 heavy (non-hydrogen) atoms. The number of H-pyrrole nitrogens is 2. The van der Waals surface area contributed by atoms with Gasteiger partial charge in [-0.1, -0.05) is 121 Å². The Kier molecular flexibility index (Phi) is 8.57. The molecule has 8 bridgehead atoms. The Balaban J connectivity index is 1.53. The molecule has 2 N–H and O–H groups in total. The van der Waals surface area contributed by atoms with Gasteiger partial charge in [0.1, 0.15) is 11.4 Å². The van der Waals surface area contributed by atoms with E-state index in [1.165, 1.54) is 0 Å². The van der Waals surface area contributed by atoms with Crippen molar-refractivity contribution >= 4 is 34.2 Å². The Morgan fingerprint density at radius 3 is 1.08 bits per heavy atom. The van der Waals surface area contributed by atoms with Crippen molar-refractivity contribution in [2.24, 2.45) is 0 Å². The van der Waals surface area contributed by atoms with Crippen LogP contribution in [0.5, 0.6) is 0 Å². The molecule has 0 fully saturated rings. The molecule has 2 aliphatic heterocycles. The number of hydrogen-bond donors (Lipinski definition) is 2. The fourth-order valence-electron chi connectivity index (χ4n) is 7.36. The highest BCUT2D eigenvalue weighted by Crippen LogP contribution is 2.42. The molecule has 2 atom stereocenters. The molecular formula is C46H36N4O3. The Labute approximate surface area is 307 Å². The molecule has 0 saturated carbocycles. The lowest BCUT2D eigenvalue weighted by Gasteiger charge is -2.29. The summed E-state index contributed by atoms with van der Waals surface area (Å²) in [5.41, 5.74) is 14.2. The standard InChI is InChI=1S/C46H36N4O3/c1-51-45-43-41(31-19-11-5-12-20-31)37-27-25-35(48-37)39(29-15-7-3-8-16-29)33-23-24-34(47-33)40(30-17-9-4-10-18-30)36-26-28-38(49-36)42(32-21-13-6-14-22-32)44(50-43)46(52-2)53-45/h3-28,45-46,48-49H,1-2H3/t45-,46-/m1/s1. The number of rotatable bonds is 6. The number of nitrogens with one attached hydrogen (secondary N) is 2. The highest BCUT2D eigenvalue weighted by atomic mass is 16.8. The average Bonchev–Trinajstić information content (AvgIpc) is 4.00. The van der Waals surface area contributed by atoms with Crippen molar-refractivity contribution in [3.63, 3.8) is 0 Å². The molecule has 0 unspecified atom stereocenters. The van der Waals surface area contributed by atoms with Crippen molar-refractivity contribution in [2.75, 3.05) is 14.2 Å². The predicted octanol–water partition coefficient (Wildman–Crippen LogP) is 11.2. The predicted molar refractivity (Wildman–Crippen MR) is 212 cm³/mol. The lowest BCUT2D eigenvalue weighted by atomic mass is 10.0. The van der Waals surface area contributed by atoms with Gasteiger partial charge in [0.25, 0.3) is 0 Å². The van der Waals surface area contributed by atoms with Gasteiger partial charge < -0.3 is 24.2 Å². The molecule has 5 heterocycles. The highest BCUT2D eigenvalue weighted by molar-refractivity contribution is 5.97. The molecule has 4 aromatic carbocycles. The summed E-state index contributed by atoms with van der Waals surface area (Å²) >= 11 is 0. The van der Waals surface area contributed by atoms with Gasteiger partial charge in [-0.25, -0.2) is 9.97 Å². The van der Waals surface area contributed by atoms with Crippen molar-refractivity contribution in [2.45, 2.75) is 12.6 Å². The maximum atomic E-state index is 6.66. The van der Waals surface area contributed by atoms with E-state index in [2.05, 4.69) is 119 Å². The van der Waals surface area contributed by atoms with Crippen LogP contribution in [0.2, 0.25) is 0 Å². The van der Waals surface area contributed by atoms with Crippen LogP contribution in [0.3, 0.4) is 0 Å². The first-order chi connectivity index (χ1) is 26.2. The molecule has 0 aliphatic carbocycles. The minimum atomic E-state index is -0.823. The van der Waals surface area contributed by atoms with E-state index < -0.39 is 12.6 Å². The van der Waals surface area contributed by atoms with E-state index in [0.29, 0.717) is 11.4 Å². The van der Waals surface area contributed by atoms with Crippen LogP contribution in [0, 0.1) is 0 Å². The van der Waals surface area contributed by atoms with Crippen LogP contribution >= 0.6 is 0 Å². The van der Waals surface area contributed by atoms with Crippen LogP contribution < -0.4 is 0 Å². The number of methoxy groups -OCH3 is 2. The van der Waals surface area contributed by atoms with Gasteiger partial charge in [-0.15, -0.1) is 0 Å². The largest absolute Gasteiger partial charge is 0.354 e. The quantitative estimate of drug-likeness (QED) is 0.181. The first kappa shape index (κ1) is 32.5. The zero-order chi connectivity index (χ0) is 35.7. The molecule has 0 saturated heterocycles. The average molecular weight is 693 g/mol. The molecule has 7 heteroatoms. The molecule has 2 aliphatic rings. The van der Waals surface area contributed by atoms with Crippen LogP contribution in [-0.2, 0) is 14.2 Å². The fraction of sp³-hybridized carbons (Fsp3) is 0.0870. The van der Waals surface area contributed by atoms with Crippen molar-refractivity contribution < 1.29 is 14.2 Å². The molecule has 258 valence electrons. The zero-order valence-electron chi connectivity index (χ0n) is 29.3. The van der Waals surface area contributed by atoms with Crippen LogP contribution in [0.15, 0.2) is 146 Å². The van der Waals surface area contributed by atoms with Gasteiger partial charge in [-0.05, 0) is 58.7 Å². The van der Waals surface area contributed by atoms with Gasteiger partial charge >= 0.3 is 0 Å². The smallest absolute Gasteiger partial charge is 0.204 e. The second-order valence-electron chi connectivity index (χ2n) is 12.9. The Morgan fingerprint density at radius 2 is 0.736 bits per heavy atom. The zero-order valence-corrected chi connectivity index (χ0v) is 29.3. The second-order valence-corrected chi connectivity index (χ2v) is 12.9. The van der Waals surface area contributed by atoms with E-state index in [1.54, 1.807) is 14.2 Å². The first-order valence-corrected chi connectivity index (χ1v) is 17.6. The number of aromatic amines is 2. The summed E-state index contributed by atoms with van der Waals surface area (Å²) < 4.78 is 18.7. The van der Waals surface area contributed by atoms with E-state index in [9.17, 15) is 0 Å². The van der Waals surface area contributed by atoms with Crippen LogP contribution in [0.1, 0.15) is 35.4 Å². The molecule has 0 amide bonds. The first-order valence-electron chi connectivity index (χ1n) is 17.6. The van der Waals surface area contributed by atoms with Gasteiger partial charge in [-0.2, -0.15) is 0 Å². The van der Waals surface area contributed by atoms with Crippen molar-refractivity contribution in [3.8, 4) is 44.5 Å². The van der Waals surface area contributed by atoms with E-state index in [-0.39, 0.29) is 0 Å². The number of ether oxygens (including phenoxy) is 3. The summed E-state index contributed by atoms with van der Waals surface area (Å²) in [6.07, 6.45) is 2.57. The van der Waals surface area contributed by atoms with Gasteiger partial charge in [0.15, 0.2) is 0 Å². The number of aromatic nitrogens is 4. The highest BCUT2D eigenvalue weighted by Gasteiger charge is 2.32. The normalized spacial score (nSPS) is 15.4. The van der Waals surface area contributed by atoms with E-state index >= 15 is 0 Å². The summed E-state index contributed by atoms with van der Waals surface area (Å²) in [4.78, 5) is 18.4. The maximum absolute atomic E-state index is 6.66. The van der Waals surface area contributed by atoms with Gasteiger partial charge in [0.2, 0.25) is 12.6 Å². The molecule has 9 rings (SSSR count). The lowest BCUT2D eigenvalue weighted by molar-refractivity contribution is -0.247. The number of benzene rings is 4. The summed E-state index contributed by atoms with van der Waals surface area (Å²) in [7, 11) is 3.26. The van der Waals surface area contributed by atoms with Crippen LogP contribution in [0.4, 0.5) is 0 Å². The fourth-order valence-corrected chi connectivity index (χ4v) is 7.36. The Hall–Kier alpha value is -6.38. The number of hydrogen-bond acceptors (Lipinski definition) is 5. The summed E-state index contributed by atoms with van der Waals surface area (Å²) in [5, 5.41) is 0. The third kappa shape index (κ3) is 5.97. The van der Waals surface area contributed by atoms with Crippen molar-refractivity contribution in [1.29, 1.82) is 0 Å². The van der Waals surface area contributed by atoms with Crippen molar-refractivity contribution in [3.05, 3.63) is 168 Å². The summed E-state index contributed by atoms with van der Waals surface area (Å²) in [6, 6.07) is 49.6. The monoisotopic (exact) mass is 692 g/mol. The van der Waals surface area contributed by atoms with E-state index in [4.69, 9.17) is 24.2 Å². The molecule has 7 aromatic rings. The molecular weight excluding hydrogens is 657 g/mol. The Bertz CT molecular complexity index is 2440. The molecule has 0 radical (unpaired) electrons. The maximum Gasteiger partial charge on any atom is 0.204 e. The second kappa shape index (κ2) is 14.0. The summed E-state index contributed by atoms with van der Waals surface area (Å²) in [6.45, 7) is 0. The third-order valence-corrected chi connectivity index (χ3v) is 9.73. The van der Waals surface area contributed by atoms with Crippen LogP contribution in [-0.4, -0.2) is 34.2 Å². The topological polar surface area (TPSA) is 85.0 Å². The van der Waals surface area contributed by atoms with Crippen molar-refractivity contribution in [1.82, 2.24) is 19.9 Å². The minimum absolute atomic E-state index is 0.620. The minimum Gasteiger partial charge on any atom is -0.354 e. The van der Waals surface area contributed by atoms with E-state index in [1.807, 2.05) is 48.5 Å². The Morgan fingerprint density at radius 1 is 0.415 bits per heavy atom. The van der Waals surface area contributed by atoms with Gasteiger partial charge in [0, 0.05) is 58.5 Å². The molecule has 7 nitrogen and oxygen atoms in total. The third-order valence-electron chi connectivity index (χ3n) is 9.73. The SMILES string of the molecule is CO[C@@H]1O[C@@H](OC)c2nc1c(-c1ccccc1)c1ccc([nH]1)c(-c1ccccc1)c1nc(c(-c3ccccc3)c3ccc([nH]3)c2-c2ccccc2)C=C1. The number of fused-ring (bicyclic) bond motifs is 8. The van der Waals surface area contributed by atoms with Gasteiger partial charge in [0.05, 0.1) is 11.4 Å². The van der Waals surface area contributed by atoms with Crippen LogP contribution in [0.25, 0.3) is 78.7 Å². The van der Waals surface area contributed by atoms with E-state index in [0.717, 1.165) is 78.0 Å². The summed E-state index contributed by atoms with van der Waals surface area (Å²) in [5.74, 6) is 0.